The number of aromatic nitrogens is 3. The average molecular weight is 487 g/mol. The van der Waals surface area contributed by atoms with Gasteiger partial charge in [-0.1, -0.05) is 0 Å². The van der Waals surface area contributed by atoms with Gasteiger partial charge < -0.3 is 20.2 Å². The lowest BCUT2D eigenvalue weighted by atomic mass is 9.94. The number of pyridine rings is 1. The number of fused-ring (bicyclic) bond motifs is 1. The molecule has 2 aromatic rings. The molecule has 2 aromatic heterocycles. The van der Waals surface area contributed by atoms with Crippen molar-refractivity contribution < 1.29 is 5.11 Å². The van der Waals surface area contributed by atoms with Crippen molar-refractivity contribution in [3.63, 3.8) is 0 Å². The number of aliphatic hydroxyl groups is 1. The Labute approximate surface area is 210 Å². The number of piperidine rings is 2. The number of nitriles is 2. The maximum absolute atomic E-state index is 10.6. The second-order valence-electron chi connectivity index (χ2n) is 9.58. The number of aliphatic hydroxyl groups excluding tert-OH is 1. The first-order valence-electron chi connectivity index (χ1n) is 12.5. The number of rotatable bonds is 6. The summed E-state index contributed by atoms with van der Waals surface area (Å²) in [6, 6.07) is 8.50. The quantitative estimate of drug-likeness (QED) is 0.556. The molecule has 3 aliphatic heterocycles. The number of hydrogen-bond acceptors (Lipinski definition) is 11. The minimum absolute atomic E-state index is 0.413. The van der Waals surface area contributed by atoms with Crippen LogP contribution in [0.25, 0.3) is 0 Å². The largest absolute Gasteiger partial charge is 0.368 e. The molecule has 0 aliphatic carbocycles. The van der Waals surface area contributed by atoms with Gasteiger partial charge in [-0.15, -0.1) is 0 Å². The summed E-state index contributed by atoms with van der Waals surface area (Å²) in [4.78, 5) is 18.5. The Balaban J connectivity index is 1.33. The Bertz CT molecular complexity index is 1170. The topological polar surface area (TPSA) is 149 Å². The summed E-state index contributed by atoms with van der Waals surface area (Å²) in [6.45, 7) is 3.36. The van der Waals surface area contributed by atoms with Gasteiger partial charge in [-0.25, -0.2) is 9.97 Å². The van der Waals surface area contributed by atoms with Gasteiger partial charge in [-0.3, -0.25) is 5.43 Å². The standard InChI is InChI=1S/C25H30N10O/c26-9-3-17-5-11-34(12-6-17)21-2-1-19(15-28-21)30-23-22-20(16-29-33-24(22)36)31-25(32-23)35-13-7-18(4-10-27)8-14-35/h1-2,15-18,24,33,36H,3-8,11-14H2,(H,30,31,32). The Morgan fingerprint density at radius 1 is 0.972 bits per heavy atom. The summed E-state index contributed by atoms with van der Waals surface area (Å²) >= 11 is 0. The molecule has 1 atom stereocenters. The molecule has 5 rings (SSSR count). The monoisotopic (exact) mass is 486 g/mol. The highest BCUT2D eigenvalue weighted by atomic mass is 16.3. The molecule has 0 radical (unpaired) electrons. The molecule has 1 unspecified atom stereocenters. The fraction of sp³-hybridized carbons (Fsp3) is 0.520. The van der Waals surface area contributed by atoms with Gasteiger partial charge in [-0.05, 0) is 49.7 Å². The number of nitrogens with zero attached hydrogens (tertiary/aromatic N) is 8. The van der Waals surface area contributed by atoms with Gasteiger partial charge in [0.05, 0.1) is 41.5 Å². The smallest absolute Gasteiger partial charge is 0.227 e. The second-order valence-corrected chi connectivity index (χ2v) is 9.58. The predicted octanol–water partition coefficient (Wildman–Crippen LogP) is 2.80. The molecule has 0 saturated carbocycles. The third-order valence-corrected chi connectivity index (χ3v) is 7.23. The van der Waals surface area contributed by atoms with Crippen molar-refractivity contribution in [3.05, 3.63) is 29.6 Å². The molecule has 11 nitrogen and oxygen atoms in total. The average Bonchev–Trinajstić information content (AvgIpc) is 2.90. The van der Waals surface area contributed by atoms with Crippen molar-refractivity contribution in [3.8, 4) is 12.1 Å². The first-order chi connectivity index (χ1) is 17.6. The lowest BCUT2D eigenvalue weighted by Gasteiger charge is -2.32. The molecule has 3 N–H and O–H groups in total. The summed E-state index contributed by atoms with van der Waals surface area (Å²) in [5.41, 5.74) is 4.53. The number of nitrogens with one attached hydrogen (secondary N) is 2. The fourth-order valence-corrected chi connectivity index (χ4v) is 5.06. The number of anilines is 4. The van der Waals surface area contributed by atoms with E-state index in [-0.39, 0.29) is 0 Å². The second kappa shape index (κ2) is 10.8. The minimum Gasteiger partial charge on any atom is -0.368 e. The predicted molar refractivity (Wildman–Crippen MR) is 136 cm³/mol. The molecule has 0 spiro atoms. The van der Waals surface area contributed by atoms with Crippen LogP contribution in [0.2, 0.25) is 0 Å². The first-order valence-corrected chi connectivity index (χ1v) is 12.5. The molecular weight excluding hydrogens is 456 g/mol. The molecule has 0 amide bonds. The summed E-state index contributed by atoms with van der Waals surface area (Å²) in [6.07, 6.45) is 7.41. The fourth-order valence-electron chi connectivity index (χ4n) is 5.06. The summed E-state index contributed by atoms with van der Waals surface area (Å²) in [7, 11) is 0. The van der Waals surface area contributed by atoms with Crippen molar-refractivity contribution in [1.82, 2.24) is 20.4 Å². The maximum Gasteiger partial charge on any atom is 0.227 e. The van der Waals surface area contributed by atoms with E-state index in [2.05, 4.69) is 47.8 Å². The van der Waals surface area contributed by atoms with Crippen molar-refractivity contribution in [1.29, 1.82) is 10.5 Å². The van der Waals surface area contributed by atoms with Gasteiger partial charge in [0.25, 0.3) is 0 Å². The summed E-state index contributed by atoms with van der Waals surface area (Å²) in [5, 5.41) is 35.8. The lowest BCUT2D eigenvalue weighted by Crippen LogP contribution is -2.35. The van der Waals surface area contributed by atoms with Crippen LogP contribution in [-0.2, 0) is 0 Å². The van der Waals surface area contributed by atoms with Crippen molar-refractivity contribution >= 4 is 29.5 Å². The van der Waals surface area contributed by atoms with Gasteiger partial charge in [0.1, 0.15) is 11.6 Å². The zero-order chi connectivity index (χ0) is 24.9. The summed E-state index contributed by atoms with van der Waals surface area (Å²) < 4.78 is 0. The van der Waals surface area contributed by atoms with E-state index in [0.717, 1.165) is 63.4 Å². The minimum atomic E-state index is -1.02. The van der Waals surface area contributed by atoms with E-state index in [9.17, 15) is 5.11 Å². The zero-order valence-electron chi connectivity index (χ0n) is 20.1. The molecule has 36 heavy (non-hydrogen) atoms. The van der Waals surface area contributed by atoms with Crippen LogP contribution >= 0.6 is 0 Å². The van der Waals surface area contributed by atoms with Gasteiger partial charge in [0, 0.05) is 39.0 Å². The van der Waals surface area contributed by atoms with Crippen molar-refractivity contribution in [2.24, 2.45) is 16.9 Å². The van der Waals surface area contributed by atoms with Crippen LogP contribution in [0.5, 0.6) is 0 Å². The highest BCUT2D eigenvalue weighted by molar-refractivity contribution is 5.84. The molecule has 5 heterocycles. The van der Waals surface area contributed by atoms with Crippen LogP contribution in [0, 0.1) is 34.5 Å². The van der Waals surface area contributed by atoms with Crippen molar-refractivity contribution in [2.45, 2.75) is 44.8 Å². The van der Waals surface area contributed by atoms with E-state index in [1.54, 1.807) is 12.4 Å². The maximum atomic E-state index is 10.6. The molecule has 0 aromatic carbocycles. The van der Waals surface area contributed by atoms with E-state index in [1.165, 1.54) is 0 Å². The molecule has 11 heteroatoms. The third kappa shape index (κ3) is 5.16. The van der Waals surface area contributed by atoms with E-state index < -0.39 is 6.23 Å². The Hall–Kier alpha value is -3.96. The highest BCUT2D eigenvalue weighted by Gasteiger charge is 2.27. The van der Waals surface area contributed by atoms with Crippen molar-refractivity contribution in [2.75, 3.05) is 41.3 Å². The molecule has 0 bridgehead atoms. The van der Waals surface area contributed by atoms with Gasteiger partial charge in [-0.2, -0.15) is 20.6 Å². The summed E-state index contributed by atoms with van der Waals surface area (Å²) in [5.74, 6) is 2.89. The van der Waals surface area contributed by atoms with E-state index in [1.807, 2.05) is 12.1 Å². The lowest BCUT2D eigenvalue weighted by molar-refractivity contribution is 0.139. The van der Waals surface area contributed by atoms with Gasteiger partial charge in [0.2, 0.25) is 5.95 Å². The van der Waals surface area contributed by atoms with Crippen LogP contribution < -0.4 is 20.5 Å². The number of hydrazone groups is 1. The van der Waals surface area contributed by atoms with Crippen LogP contribution in [0.4, 0.5) is 23.3 Å². The van der Waals surface area contributed by atoms with Gasteiger partial charge >= 0.3 is 0 Å². The third-order valence-electron chi connectivity index (χ3n) is 7.23. The Kier molecular flexibility index (Phi) is 7.10. The van der Waals surface area contributed by atoms with Crippen LogP contribution in [-0.4, -0.2) is 52.5 Å². The van der Waals surface area contributed by atoms with Crippen LogP contribution in [0.3, 0.4) is 0 Å². The Morgan fingerprint density at radius 2 is 1.64 bits per heavy atom. The van der Waals surface area contributed by atoms with Crippen LogP contribution in [0.15, 0.2) is 23.4 Å². The SMILES string of the molecule is N#CCC1CCN(c2ccc(Nc3nc(N4CCC(CC#N)CC4)nc4c3C(O)NN=C4)cn2)CC1. The normalized spacial score (nSPS) is 20.2. The molecule has 2 saturated heterocycles. The van der Waals surface area contributed by atoms with Gasteiger partial charge in [0.15, 0.2) is 6.23 Å². The first kappa shape index (κ1) is 23.8. The Morgan fingerprint density at radius 3 is 2.25 bits per heavy atom. The zero-order valence-corrected chi connectivity index (χ0v) is 20.1. The molecule has 186 valence electrons. The van der Waals surface area contributed by atoms with E-state index in [0.29, 0.717) is 47.7 Å². The molecular formula is C25H30N10O. The molecule has 3 aliphatic rings. The highest BCUT2D eigenvalue weighted by Crippen LogP contribution is 2.31. The van der Waals surface area contributed by atoms with E-state index >= 15 is 0 Å². The van der Waals surface area contributed by atoms with Crippen LogP contribution in [0.1, 0.15) is 56.0 Å². The van der Waals surface area contributed by atoms with E-state index in [4.69, 9.17) is 15.5 Å². The molecule has 2 fully saturated rings. The number of hydrogen-bond donors (Lipinski definition) is 3.